The van der Waals surface area contributed by atoms with E-state index in [1.807, 2.05) is 32.0 Å². The highest BCUT2D eigenvalue weighted by molar-refractivity contribution is 7.92. The molecular weight excluding hydrogens is 405 g/mol. The molecule has 0 aliphatic carbocycles. The van der Waals surface area contributed by atoms with Crippen LogP contribution >= 0.6 is 0 Å². The number of alkyl halides is 3. The van der Waals surface area contributed by atoms with Crippen LogP contribution in [0.15, 0.2) is 42.5 Å². The lowest BCUT2D eigenvalue weighted by Gasteiger charge is -2.24. The molecule has 29 heavy (non-hydrogen) atoms. The first-order valence-corrected chi connectivity index (χ1v) is 10.7. The molecule has 1 amide bonds. The number of hydrogen-bond acceptors (Lipinski definition) is 3. The molecule has 0 saturated heterocycles. The van der Waals surface area contributed by atoms with Gasteiger partial charge in [0, 0.05) is 0 Å². The van der Waals surface area contributed by atoms with Gasteiger partial charge in [0.15, 0.2) is 0 Å². The highest BCUT2D eigenvalue weighted by atomic mass is 32.2. The highest BCUT2D eigenvalue weighted by Crippen LogP contribution is 2.32. The van der Waals surface area contributed by atoms with Gasteiger partial charge in [-0.25, -0.2) is 8.42 Å². The Labute approximate surface area is 168 Å². The van der Waals surface area contributed by atoms with Gasteiger partial charge in [0.05, 0.1) is 23.5 Å². The number of carbonyl (C=O) groups is 1. The molecule has 0 saturated carbocycles. The number of benzene rings is 2. The van der Waals surface area contributed by atoms with Gasteiger partial charge < -0.3 is 5.32 Å². The fourth-order valence-electron chi connectivity index (χ4n) is 2.77. The van der Waals surface area contributed by atoms with Crippen molar-refractivity contribution >= 4 is 21.6 Å². The van der Waals surface area contributed by atoms with Gasteiger partial charge in [-0.1, -0.05) is 24.3 Å². The standard InChI is InChI=1S/C20H23F3N2O3S/c1-13-8-9-16(10-14(13)2)15(3)24-19(26)12-25(29(4,27)28)18-7-5-6-17(11-18)20(21,22)23/h5-11,15H,12H2,1-4H3,(H,24,26)/t15-/m0/s1. The average molecular weight is 428 g/mol. The molecular formula is C20H23F3N2O3S. The van der Waals surface area contributed by atoms with E-state index in [0.29, 0.717) is 10.4 Å². The van der Waals surface area contributed by atoms with Crippen LogP contribution in [0.1, 0.15) is 35.2 Å². The first-order chi connectivity index (χ1) is 13.3. The average Bonchev–Trinajstić information content (AvgIpc) is 2.60. The van der Waals surface area contributed by atoms with E-state index in [0.717, 1.165) is 35.1 Å². The zero-order valence-corrected chi connectivity index (χ0v) is 17.4. The summed E-state index contributed by atoms with van der Waals surface area (Å²) in [7, 11) is -3.98. The SMILES string of the molecule is Cc1ccc([C@H](C)NC(=O)CN(c2cccc(C(F)(F)F)c2)S(C)(=O)=O)cc1C. The predicted molar refractivity (Wildman–Crippen MR) is 106 cm³/mol. The molecule has 2 rings (SSSR count). The Morgan fingerprint density at radius 1 is 1.10 bits per heavy atom. The molecule has 0 fully saturated rings. The van der Waals surface area contributed by atoms with Crippen molar-refractivity contribution in [2.45, 2.75) is 33.0 Å². The number of carbonyl (C=O) groups excluding carboxylic acids is 1. The van der Waals surface area contributed by atoms with Crippen LogP contribution in [0.5, 0.6) is 0 Å². The first-order valence-electron chi connectivity index (χ1n) is 8.80. The number of anilines is 1. The second-order valence-corrected chi connectivity index (χ2v) is 8.86. The van der Waals surface area contributed by atoms with Crippen LogP contribution < -0.4 is 9.62 Å². The number of hydrogen-bond donors (Lipinski definition) is 1. The zero-order chi connectivity index (χ0) is 22.0. The molecule has 0 heterocycles. The molecule has 0 aliphatic rings. The molecule has 1 atom stereocenters. The summed E-state index contributed by atoms with van der Waals surface area (Å²) in [4.78, 5) is 12.5. The van der Waals surface area contributed by atoms with E-state index in [9.17, 15) is 26.4 Å². The maximum absolute atomic E-state index is 13.0. The second kappa shape index (κ2) is 8.44. The Balaban J connectivity index is 2.23. The van der Waals surface area contributed by atoms with Crippen molar-refractivity contribution in [1.29, 1.82) is 0 Å². The van der Waals surface area contributed by atoms with Gasteiger partial charge in [-0.3, -0.25) is 9.10 Å². The predicted octanol–water partition coefficient (Wildman–Crippen LogP) is 3.97. The fraction of sp³-hybridized carbons (Fsp3) is 0.350. The van der Waals surface area contributed by atoms with Crippen LogP contribution in [0.2, 0.25) is 0 Å². The number of nitrogens with one attached hydrogen (secondary N) is 1. The molecule has 5 nitrogen and oxygen atoms in total. The molecule has 2 aromatic rings. The third kappa shape index (κ3) is 5.96. The van der Waals surface area contributed by atoms with Crippen LogP contribution in [0.3, 0.4) is 0 Å². The Kier molecular flexibility index (Phi) is 6.62. The largest absolute Gasteiger partial charge is 0.416 e. The van der Waals surface area contributed by atoms with Crippen molar-refractivity contribution in [2.24, 2.45) is 0 Å². The number of halogens is 3. The minimum Gasteiger partial charge on any atom is -0.348 e. The van der Waals surface area contributed by atoms with Gasteiger partial charge in [0.2, 0.25) is 15.9 Å². The summed E-state index contributed by atoms with van der Waals surface area (Å²) in [6, 6.07) is 9.16. The summed E-state index contributed by atoms with van der Waals surface area (Å²) in [5, 5.41) is 2.69. The third-order valence-electron chi connectivity index (χ3n) is 4.56. The molecule has 0 aliphatic heterocycles. The summed E-state index contributed by atoms with van der Waals surface area (Å²) >= 11 is 0. The lowest BCUT2D eigenvalue weighted by Crippen LogP contribution is -2.41. The lowest BCUT2D eigenvalue weighted by atomic mass is 10.0. The van der Waals surface area contributed by atoms with Crippen LogP contribution in [0, 0.1) is 13.8 Å². The molecule has 2 aromatic carbocycles. The molecule has 9 heteroatoms. The smallest absolute Gasteiger partial charge is 0.348 e. The van der Waals surface area contributed by atoms with E-state index < -0.39 is 40.3 Å². The van der Waals surface area contributed by atoms with Crippen molar-refractivity contribution < 1.29 is 26.4 Å². The number of rotatable bonds is 6. The molecule has 0 unspecified atom stereocenters. The summed E-state index contributed by atoms with van der Waals surface area (Å²) in [6.07, 6.45) is -3.79. The maximum atomic E-state index is 13.0. The summed E-state index contributed by atoms with van der Waals surface area (Å²) < 4.78 is 63.8. The van der Waals surface area contributed by atoms with Crippen molar-refractivity contribution in [3.05, 3.63) is 64.7 Å². The normalized spacial score (nSPS) is 13.1. The number of sulfonamides is 1. The zero-order valence-electron chi connectivity index (χ0n) is 16.5. The number of aryl methyl sites for hydroxylation is 2. The summed E-state index contributed by atoms with van der Waals surface area (Å²) in [5.74, 6) is -0.626. The molecule has 0 spiro atoms. The Morgan fingerprint density at radius 2 is 1.76 bits per heavy atom. The van der Waals surface area contributed by atoms with E-state index in [1.165, 1.54) is 6.07 Å². The topological polar surface area (TPSA) is 66.5 Å². The fourth-order valence-corrected chi connectivity index (χ4v) is 3.62. The van der Waals surface area contributed by atoms with E-state index in [4.69, 9.17) is 0 Å². The summed E-state index contributed by atoms with van der Waals surface area (Å²) in [6.45, 7) is 5.01. The van der Waals surface area contributed by atoms with Gasteiger partial charge in [-0.2, -0.15) is 13.2 Å². The molecule has 0 aromatic heterocycles. The van der Waals surface area contributed by atoms with Crippen LogP contribution in [-0.2, 0) is 21.0 Å². The molecule has 0 radical (unpaired) electrons. The molecule has 1 N–H and O–H groups in total. The Hall–Kier alpha value is -2.55. The Morgan fingerprint density at radius 3 is 2.31 bits per heavy atom. The second-order valence-electron chi connectivity index (χ2n) is 6.95. The summed E-state index contributed by atoms with van der Waals surface area (Å²) in [5.41, 5.74) is 1.76. The van der Waals surface area contributed by atoms with Gasteiger partial charge in [-0.15, -0.1) is 0 Å². The van der Waals surface area contributed by atoms with Crippen molar-refractivity contribution in [1.82, 2.24) is 5.32 Å². The Bertz CT molecular complexity index is 1000. The number of amides is 1. The van der Waals surface area contributed by atoms with Gasteiger partial charge in [0.25, 0.3) is 0 Å². The minimum absolute atomic E-state index is 0.226. The highest BCUT2D eigenvalue weighted by Gasteiger charge is 2.32. The van der Waals surface area contributed by atoms with E-state index >= 15 is 0 Å². The van der Waals surface area contributed by atoms with Gasteiger partial charge in [-0.05, 0) is 55.7 Å². The third-order valence-corrected chi connectivity index (χ3v) is 5.70. The van der Waals surface area contributed by atoms with Crippen LogP contribution in [0.25, 0.3) is 0 Å². The first kappa shape index (κ1) is 22.7. The van der Waals surface area contributed by atoms with E-state index in [2.05, 4.69) is 5.32 Å². The monoisotopic (exact) mass is 428 g/mol. The van der Waals surface area contributed by atoms with Crippen LogP contribution in [0.4, 0.5) is 18.9 Å². The van der Waals surface area contributed by atoms with Crippen molar-refractivity contribution in [3.8, 4) is 0 Å². The molecule has 0 bridgehead atoms. The quantitative estimate of drug-likeness (QED) is 0.757. The van der Waals surface area contributed by atoms with E-state index in [-0.39, 0.29) is 5.69 Å². The number of nitrogens with zero attached hydrogens (tertiary/aromatic N) is 1. The van der Waals surface area contributed by atoms with E-state index in [1.54, 1.807) is 6.92 Å². The van der Waals surface area contributed by atoms with Crippen molar-refractivity contribution in [2.75, 3.05) is 17.1 Å². The lowest BCUT2D eigenvalue weighted by molar-refractivity contribution is -0.137. The maximum Gasteiger partial charge on any atom is 0.416 e. The van der Waals surface area contributed by atoms with Crippen molar-refractivity contribution in [3.63, 3.8) is 0 Å². The minimum atomic E-state index is -4.63. The van der Waals surface area contributed by atoms with Gasteiger partial charge in [0.1, 0.15) is 6.54 Å². The molecule has 158 valence electrons. The van der Waals surface area contributed by atoms with Crippen LogP contribution in [-0.4, -0.2) is 27.1 Å². The van der Waals surface area contributed by atoms with Gasteiger partial charge >= 0.3 is 6.18 Å².